The predicted octanol–water partition coefficient (Wildman–Crippen LogP) is 3.40. The zero-order chi connectivity index (χ0) is 19.0. The van der Waals surface area contributed by atoms with Crippen LogP contribution >= 0.6 is 0 Å². The Balaban J connectivity index is 1.83. The number of hydrogen-bond acceptors (Lipinski definition) is 3. The maximum atomic E-state index is 5.65. The lowest BCUT2D eigenvalue weighted by Crippen LogP contribution is -2.51. The summed E-state index contributed by atoms with van der Waals surface area (Å²) in [5.41, 5.74) is 0.0981. The minimum Gasteiger partial charge on any atom is -0.379 e. The summed E-state index contributed by atoms with van der Waals surface area (Å²) >= 11 is 0. The van der Waals surface area contributed by atoms with Gasteiger partial charge in [0.15, 0.2) is 5.96 Å². The summed E-state index contributed by atoms with van der Waals surface area (Å²) in [7, 11) is 1.78. The molecule has 0 aromatic carbocycles. The van der Waals surface area contributed by atoms with Crippen LogP contribution in [-0.4, -0.2) is 62.3 Å². The fourth-order valence-corrected chi connectivity index (χ4v) is 4.24. The first-order chi connectivity index (χ1) is 12.4. The van der Waals surface area contributed by atoms with E-state index >= 15 is 0 Å². The molecule has 1 unspecified atom stereocenters. The quantitative estimate of drug-likeness (QED) is 0.559. The lowest BCUT2D eigenvalue weighted by molar-refractivity contribution is 0.0241. The molecule has 1 aliphatic heterocycles. The minimum absolute atomic E-state index is 0.0981. The monoisotopic (exact) mass is 366 g/mol. The van der Waals surface area contributed by atoms with Crippen LogP contribution in [0.2, 0.25) is 0 Å². The van der Waals surface area contributed by atoms with E-state index < -0.39 is 0 Å². The topological polar surface area (TPSA) is 48.9 Å². The number of hydrogen-bond donors (Lipinski definition) is 2. The van der Waals surface area contributed by atoms with E-state index in [-0.39, 0.29) is 11.5 Å². The van der Waals surface area contributed by atoms with Crippen molar-refractivity contribution in [1.82, 2.24) is 15.5 Å². The molecule has 0 bridgehead atoms. The first-order valence-corrected chi connectivity index (χ1v) is 10.8. The number of ether oxygens (including phenoxy) is 1. The third kappa shape index (κ3) is 6.73. The number of nitrogens with zero attached hydrogens (tertiary/aromatic N) is 2. The zero-order valence-corrected chi connectivity index (χ0v) is 17.8. The Bertz CT molecular complexity index is 418. The molecular weight excluding hydrogens is 324 g/mol. The van der Waals surface area contributed by atoms with Gasteiger partial charge in [-0.1, -0.05) is 40.0 Å². The molecule has 1 saturated heterocycles. The van der Waals surface area contributed by atoms with Crippen molar-refractivity contribution in [3.8, 4) is 0 Å². The first kappa shape index (κ1) is 21.5. The number of guanidine groups is 1. The Morgan fingerprint density at radius 1 is 1.12 bits per heavy atom. The maximum absolute atomic E-state index is 5.65. The van der Waals surface area contributed by atoms with Crippen LogP contribution in [0, 0.1) is 5.41 Å². The average molecular weight is 367 g/mol. The van der Waals surface area contributed by atoms with Crippen molar-refractivity contribution < 1.29 is 4.74 Å². The van der Waals surface area contributed by atoms with E-state index in [9.17, 15) is 0 Å². The molecule has 0 spiro atoms. The van der Waals surface area contributed by atoms with E-state index in [1.807, 2.05) is 0 Å². The number of piperidine rings is 1. The van der Waals surface area contributed by atoms with Gasteiger partial charge < -0.3 is 20.3 Å². The van der Waals surface area contributed by atoms with E-state index in [2.05, 4.69) is 43.2 Å². The fraction of sp³-hybridized carbons (Fsp3) is 0.952. The molecule has 0 aromatic rings. The summed E-state index contributed by atoms with van der Waals surface area (Å²) in [5, 5.41) is 7.07. The van der Waals surface area contributed by atoms with Crippen LogP contribution in [0.4, 0.5) is 0 Å². The summed E-state index contributed by atoms with van der Waals surface area (Å²) in [6.45, 7) is 12.8. The van der Waals surface area contributed by atoms with Gasteiger partial charge in [0, 0.05) is 38.8 Å². The molecule has 152 valence electrons. The van der Waals surface area contributed by atoms with Crippen LogP contribution in [0.3, 0.4) is 0 Å². The molecule has 2 fully saturated rings. The molecular formula is C21H42N4O. The lowest BCUT2D eigenvalue weighted by Gasteiger charge is -2.39. The Hall–Kier alpha value is -0.810. The van der Waals surface area contributed by atoms with Gasteiger partial charge in [-0.05, 0) is 38.0 Å². The molecule has 1 heterocycles. The lowest BCUT2D eigenvalue weighted by atomic mass is 9.89. The first-order valence-electron chi connectivity index (χ1n) is 10.8. The van der Waals surface area contributed by atoms with Crippen molar-refractivity contribution in [2.24, 2.45) is 10.4 Å². The Morgan fingerprint density at radius 3 is 2.31 bits per heavy atom. The van der Waals surface area contributed by atoms with Gasteiger partial charge in [0.2, 0.25) is 0 Å². The van der Waals surface area contributed by atoms with Crippen LogP contribution in [0.1, 0.15) is 72.6 Å². The van der Waals surface area contributed by atoms with Gasteiger partial charge in [-0.3, -0.25) is 4.99 Å². The largest absolute Gasteiger partial charge is 0.379 e. The van der Waals surface area contributed by atoms with Gasteiger partial charge in [0.05, 0.1) is 12.6 Å². The van der Waals surface area contributed by atoms with Crippen LogP contribution in [0.5, 0.6) is 0 Å². The SMILES string of the molecule is CCNC(=NCC(OC)C(C)(C)C)NC1CCN(C2CCCCC2)CC1. The molecule has 0 radical (unpaired) electrons. The second-order valence-corrected chi connectivity index (χ2v) is 9.06. The molecule has 5 nitrogen and oxygen atoms in total. The smallest absolute Gasteiger partial charge is 0.191 e. The summed E-state index contributed by atoms with van der Waals surface area (Å²) in [4.78, 5) is 7.55. The van der Waals surface area contributed by atoms with Gasteiger partial charge >= 0.3 is 0 Å². The minimum atomic E-state index is 0.0981. The number of methoxy groups -OCH3 is 1. The second kappa shape index (κ2) is 10.5. The third-order valence-corrected chi connectivity index (χ3v) is 5.97. The van der Waals surface area contributed by atoms with Crippen LogP contribution < -0.4 is 10.6 Å². The molecule has 2 aliphatic rings. The summed E-state index contributed by atoms with van der Waals surface area (Å²) in [6, 6.07) is 1.38. The average Bonchev–Trinajstić information content (AvgIpc) is 2.62. The molecule has 5 heteroatoms. The van der Waals surface area contributed by atoms with E-state index in [1.165, 1.54) is 58.0 Å². The molecule has 0 aromatic heterocycles. The van der Waals surface area contributed by atoms with Crippen molar-refractivity contribution in [2.75, 3.05) is 33.3 Å². The maximum Gasteiger partial charge on any atom is 0.191 e. The summed E-state index contributed by atoms with van der Waals surface area (Å²) in [5.74, 6) is 0.940. The van der Waals surface area contributed by atoms with Gasteiger partial charge in [0.1, 0.15) is 0 Å². The van der Waals surface area contributed by atoms with Gasteiger partial charge in [0.25, 0.3) is 0 Å². The predicted molar refractivity (Wildman–Crippen MR) is 111 cm³/mol. The number of aliphatic imine (C=N–C) groups is 1. The van der Waals surface area contributed by atoms with Crippen LogP contribution in [0.25, 0.3) is 0 Å². The molecule has 1 aliphatic carbocycles. The Labute approximate surface area is 161 Å². The van der Waals surface area contributed by atoms with Gasteiger partial charge in [-0.2, -0.15) is 0 Å². The van der Waals surface area contributed by atoms with Crippen molar-refractivity contribution in [3.63, 3.8) is 0 Å². The fourth-order valence-electron chi connectivity index (χ4n) is 4.24. The van der Waals surface area contributed by atoms with Crippen molar-refractivity contribution in [3.05, 3.63) is 0 Å². The third-order valence-electron chi connectivity index (χ3n) is 5.97. The summed E-state index contributed by atoms with van der Waals surface area (Å²) < 4.78 is 5.65. The van der Waals surface area contributed by atoms with Crippen molar-refractivity contribution >= 4 is 5.96 Å². The molecule has 0 amide bonds. The van der Waals surface area contributed by atoms with E-state index in [0.29, 0.717) is 12.6 Å². The molecule has 2 rings (SSSR count). The Morgan fingerprint density at radius 2 is 1.77 bits per heavy atom. The van der Waals surface area contributed by atoms with E-state index in [1.54, 1.807) is 7.11 Å². The van der Waals surface area contributed by atoms with Crippen molar-refractivity contribution in [1.29, 1.82) is 0 Å². The highest BCUT2D eigenvalue weighted by Crippen LogP contribution is 2.25. The van der Waals surface area contributed by atoms with Crippen LogP contribution in [0.15, 0.2) is 4.99 Å². The van der Waals surface area contributed by atoms with Crippen molar-refractivity contribution in [2.45, 2.75) is 90.8 Å². The van der Waals surface area contributed by atoms with E-state index in [0.717, 1.165) is 18.5 Å². The number of rotatable bonds is 6. The second-order valence-electron chi connectivity index (χ2n) is 9.06. The van der Waals surface area contributed by atoms with E-state index in [4.69, 9.17) is 9.73 Å². The zero-order valence-electron chi connectivity index (χ0n) is 17.8. The highest BCUT2D eigenvalue weighted by Gasteiger charge is 2.27. The highest BCUT2D eigenvalue weighted by molar-refractivity contribution is 5.80. The standard InChI is InChI=1S/C21H42N4O/c1-6-22-20(23-16-19(26-5)21(2,3)4)24-17-12-14-25(15-13-17)18-10-8-7-9-11-18/h17-19H,6-16H2,1-5H3,(H2,22,23,24). The molecule has 2 N–H and O–H groups in total. The highest BCUT2D eigenvalue weighted by atomic mass is 16.5. The molecule has 26 heavy (non-hydrogen) atoms. The number of nitrogens with one attached hydrogen (secondary N) is 2. The summed E-state index contributed by atoms with van der Waals surface area (Å²) in [6.07, 6.45) is 9.67. The number of likely N-dealkylation sites (tertiary alicyclic amines) is 1. The Kier molecular flexibility index (Phi) is 8.68. The van der Waals surface area contributed by atoms with Gasteiger partial charge in [-0.15, -0.1) is 0 Å². The molecule has 1 atom stereocenters. The molecule has 1 saturated carbocycles. The van der Waals surface area contributed by atoms with Gasteiger partial charge in [-0.25, -0.2) is 0 Å². The normalized spacial score (nSPS) is 23.0. The van der Waals surface area contributed by atoms with Crippen LogP contribution in [-0.2, 0) is 4.74 Å².